The number of aliphatic hydroxyl groups excluding tert-OH is 2. The molecule has 0 saturated carbocycles. The zero-order chi connectivity index (χ0) is 30.1. The predicted molar refractivity (Wildman–Crippen MR) is 145 cm³/mol. The Morgan fingerprint density at radius 2 is 0.950 bits per heavy atom. The average Bonchev–Trinajstić information content (AvgIpc) is 2.85. The van der Waals surface area contributed by atoms with Crippen molar-refractivity contribution in [2.45, 2.75) is 78.0 Å². The van der Waals surface area contributed by atoms with Crippen molar-refractivity contribution in [3.05, 3.63) is 71.8 Å². The van der Waals surface area contributed by atoms with Crippen LogP contribution in [0.3, 0.4) is 0 Å². The fourth-order valence-electron chi connectivity index (χ4n) is 3.29. The van der Waals surface area contributed by atoms with Gasteiger partial charge in [0, 0.05) is 0 Å². The highest BCUT2D eigenvalue weighted by Gasteiger charge is 2.38. The van der Waals surface area contributed by atoms with E-state index in [-0.39, 0.29) is 13.1 Å². The van der Waals surface area contributed by atoms with Gasteiger partial charge in [-0.05, 0) is 52.7 Å². The first-order chi connectivity index (χ1) is 18.6. The summed E-state index contributed by atoms with van der Waals surface area (Å²) in [6.45, 7) is 9.37. The molecule has 4 N–H and O–H groups in total. The first-order valence-corrected chi connectivity index (χ1v) is 12.6. The van der Waals surface area contributed by atoms with Crippen molar-refractivity contribution in [1.82, 2.24) is 20.9 Å². The number of hydrazine groups is 2. The Kier molecular flexibility index (Phi) is 11.0. The molecule has 12 heteroatoms. The molecule has 0 bridgehead atoms. The summed E-state index contributed by atoms with van der Waals surface area (Å²) in [6.07, 6.45) is -6.60. The number of rotatable bonds is 7. The van der Waals surface area contributed by atoms with Crippen molar-refractivity contribution in [3.63, 3.8) is 0 Å². The minimum absolute atomic E-state index is 0.208. The zero-order valence-corrected chi connectivity index (χ0v) is 23.6. The summed E-state index contributed by atoms with van der Waals surface area (Å²) in [6, 6.07) is 17.1. The van der Waals surface area contributed by atoms with Crippen LogP contribution in [0.2, 0.25) is 0 Å². The Hall–Kier alpha value is -4.16. The molecule has 0 aliphatic heterocycles. The van der Waals surface area contributed by atoms with Crippen molar-refractivity contribution in [3.8, 4) is 0 Å². The number of amides is 4. The molecule has 0 unspecified atom stereocenters. The third-order valence-electron chi connectivity index (χ3n) is 4.95. The number of hydrogen-bond donors (Lipinski definition) is 4. The molecule has 12 nitrogen and oxygen atoms in total. The maximum atomic E-state index is 13.2. The lowest BCUT2D eigenvalue weighted by Gasteiger charge is -2.31. The second-order valence-electron chi connectivity index (χ2n) is 10.9. The van der Waals surface area contributed by atoms with Gasteiger partial charge in [0.25, 0.3) is 11.8 Å². The molecule has 0 aliphatic rings. The fraction of sp³-hybridized carbons (Fsp3) is 0.429. The smallest absolute Gasteiger partial charge is 0.426 e. The largest absolute Gasteiger partial charge is 0.443 e. The predicted octanol–water partition coefficient (Wildman–Crippen LogP) is 2.65. The monoisotopic (exact) mass is 558 g/mol. The number of aliphatic hydroxyl groups is 2. The van der Waals surface area contributed by atoms with Crippen LogP contribution in [0.1, 0.15) is 52.7 Å². The van der Waals surface area contributed by atoms with Gasteiger partial charge in [-0.25, -0.2) is 30.5 Å². The van der Waals surface area contributed by atoms with Gasteiger partial charge in [0.05, 0.1) is 13.1 Å². The first-order valence-electron chi connectivity index (χ1n) is 12.6. The summed E-state index contributed by atoms with van der Waals surface area (Å²) >= 11 is 0. The minimum atomic E-state index is -2.31. The molecular formula is C28H38N4O8. The van der Waals surface area contributed by atoms with E-state index in [2.05, 4.69) is 10.9 Å². The van der Waals surface area contributed by atoms with Crippen LogP contribution in [-0.2, 0) is 32.2 Å². The minimum Gasteiger partial charge on any atom is -0.443 e. The average molecular weight is 559 g/mol. The summed E-state index contributed by atoms with van der Waals surface area (Å²) in [5.74, 6) is -2.38. The summed E-state index contributed by atoms with van der Waals surface area (Å²) in [5, 5.41) is 23.0. The normalized spacial score (nSPS) is 12.9. The number of hydrogen-bond acceptors (Lipinski definition) is 8. The Morgan fingerprint density at radius 3 is 1.23 bits per heavy atom. The van der Waals surface area contributed by atoms with Gasteiger partial charge in [0.1, 0.15) is 11.2 Å². The number of nitrogens with zero attached hydrogens (tertiary/aromatic N) is 2. The van der Waals surface area contributed by atoms with Crippen LogP contribution in [0.15, 0.2) is 60.7 Å². The van der Waals surface area contributed by atoms with Crippen molar-refractivity contribution >= 4 is 24.0 Å². The van der Waals surface area contributed by atoms with Crippen LogP contribution < -0.4 is 10.9 Å². The van der Waals surface area contributed by atoms with Crippen molar-refractivity contribution in [1.29, 1.82) is 0 Å². The van der Waals surface area contributed by atoms with Gasteiger partial charge >= 0.3 is 12.2 Å². The Balaban J connectivity index is 2.27. The Labute approximate surface area is 233 Å². The fourth-order valence-corrected chi connectivity index (χ4v) is 3.29. The molecule has 0 aliphatic carbocycles. The molecule has 0 spiro atoms. The van der Waals surface area contributed by atoms with Crippen LogP contribution in [0.25, 0.3) is 0 Å². The number of carbonyl (C=O) groups excluding carboxylic acids is 4. The molecule has 218 valence electrons. The van der Waals surface area contributed by atoms with E-state index in [4.69, 9.17) is 9.47 Å². The highest BCUT2D eigenvalue weighted by atomic mass is 16.6. The van der Waals surface area contributed by atoms with Crippen molar-refractivity contribution in [2.75, 3.05) is 0 Å². The van der Waals surface area contributed by atoms with Crippen molar-refractivity contribution < 1.29 is 38.9 Å². The molecular weight excluding hydrogens is 520 g/mol. The lowest BCUT2D eigenvalue weighted by molar-refractivity contribution is -0.162. The standard InChI is InChI=1S/C28H38N4O8/c1-27(2,3)39-25(37)29-31(17-19-13-9-7-10-14-19)23(35)21(33)22(34)24(36)32(18-20-15-11-8-12-16-20)30-26(38)40-28(4,5)6/h7-16,21-22,33-34H,17-18H2,1-6H3,(H,29,37)(H,30,38)/t21-,22-/m0/s1. The maximum Gasteiger partial charge on any atom is 0.426 e. The van der Waals surface area contributed by atoms with E-state index in [9.17, 15) is 29.4 Å². The maximum absolute atomic E-state index is 13.2. The first kappa shape index (κ1) is 32.1. The van der Waals surface area contributed by atoms with Crippen LogP contribution in [0.4, 0.5) is 9.59 Å². The molecule has 2 aromatic rings. The number of ether oxygens (including phenoxy) is 2. The van der Waals surface area contributed by atoms with Gasteiger partial charge in [0.15, 0.2) is 12.2 Å². The van der Waals surface area contributed by atoms with E-state index >= 15 is 0 Å². The van der Waals surface area contributed by atoms with Crippen LogP contribution in [-0.4, -0.2) is 67.6 Å². The summed E-state index contributed by atoms with van der Waals surface area (Å²) < 4.78 is 10.4. The van der Waals surface area contributed by atoms with E-state index in [1.807, 2.05) is 0 Å². The summed E-state index contributed by atoms with van der Waals surface area (Å²) in [5.41, 5.74) is 3.91. The second kappa shape index (κ2) is 13.8. The van der Waals surface area contributed by atoms with Gasteiger partial charge in [-0.15, -0.1) is 0 Å². The molecule has 40 heavy (non-hydrogen) atoms. The quantitative estimate of drug-likeness (QED) is 0.378. The molecule has 2 aromatic carbocycles. The topological polar surface area (TPSA) is 158 Å². The van der Waals surface area contributed by atoms with Crippen LogP contribution in [0, 0.1) is 0 Å². The number of benzene rings is 2. The summed E-state index contributed by atoms with van der Waals surface area (Å²) in [7, 11) is 0. The van der Waals surface area contributed by atoms with E-state index in [0.717, 1.165) is 10.0 Å². The zero-order valence-electron chi connectivity index (χ0n) is 23.6. The molecule has 2 atom stereocenters. The Bertz CT molecular complexity index is 1050. The van der Waals surface area contributed by atoms with E-state index < -0.39 is 47.4 Å². The van der Waals surface area contributed by atoms with Gasteiger partial charge in [0.2, 0.25) is 0 Å². The Morgan fingerprint density at radius 1 is 0.650 bits per heavy atom. The third kappa shape index (κ3) is 10.9. The van der Waals surface area contributed by atoms with E-state index in [1.54, 1.807) is 102 Å². The lowest BCUT2D eigenvalue weighted by atomic mass is 10.1. The molecule has 0 saturated heterocycles. The molecule has 0 radical (unpaired) electrons. The molecule has 4 amide bonds. The van der Waals surface area contributed by atoms with E-state index in [1.165, 1.54) is 0 Å². The van der Waals surface area contributed by atoms with Gasteiger partial charge in [-0.3, -0.25) is 9.59 Å². The van der Waals surface area contributed by atoms with Crippen LogP contribution >= 0.6 is 0 Å². The second-order valence-corrected chi connectivity index (χ2v) is 10.9. The molecule has 0 aromatic heterocycles. The highest BCUT2D eigenvalue weighted by molar-refractivity contribution is 5.92. The SMILES string of the molecule is CC(C)(C)OC(=O)NN(Cc1ccccc1)C(=O)[C@@H](O)[C@H](O)C(=O)N(Cc1ccccc1)NC(=O)OC(C)(C)C. The number of carbonyl (C=O) groups is 4. The van der Waals surface area contributed by atoms with E-state index in [0.29, 0.717) is 11.1 Å². The van der Waals surface area contributed by atoms with Gasteiger partial charge in [-0.1, -0.05) is 60.7 Å². The van der Waals surface area contributed by atoms with Crippen LogP contribution in [0.5, 0.6) is 0 Å². The molecule has 2 rings (SSSR count). The number of nitrogens with one attached hydrogen (secondary N) is 2. The summed E-state index contributed by atoms with van der Waals surface area (Å²) in [4.78, 5) is 51.4. The lowest BCUT2D eigenvalue weighted by Crippen LogP contribution is -2.58. The van der Waals surface area contributed by atoms with Gasteiger partial charge in [-0.2, -0.15) is 0 Å². The van der Waals surface area contributed by atoms with Crippen molar-refractivity contribution in [2.24, 2.45) is 0 Å². The third-order valence-corrected chi connectivity index (χ3v) is 4.95. The molecule has 0 heterocycles. The van der Waals surface area contributed by atoms with Gasteiger partial charge < -0.3 is 19.7 Å². The molecule has 0 fully saturated rings. The highest BCUT2D eigenvalue weighted by Crippen LogP contribution is 2.13.